The minimum atomic E-state index is 0. The van der Waals surface area contributed by atoms with Gasteiger partial charge < -0.3 is 0 Å². The van der Waals surface area contributed by atoms with Crippen molar-refractivity contribution in [3.63, 3.8) is 0 Å². The third kappa shape index (κ3) is 7.76. The van der Waals surface area contributed by atoms with Crippen LogP contribution in [0, 0.1) is 0 Å². The van der Waals surface area contributed by atoms with Gasteiger partial charge in [0.05, 0.1) is 0 Å². The van der Waals surface area contributed by atoms with Crippen molar-refractivity contribution in [1.82, 2.24) is 0 Å². The van der Waals surface area contributed by atoms with Gasteiger partial charge in [-0.25, -0.2) is 24.3 Å². The zero-order valence-electron chi connectivity index (χ0n) is 9.26. The Morgan fingerprint density at radius 1 is 0.938 bits per heavy atom. The van der Waals surface area contributed by atoms with Crippen LogP contribution >= 0.6 is 11.6 Å². The van der Waals surface area contributed by atoms with Crippen LogP contribution in [0.25, 0.3) is 0 Å². The second-order valence-corrected chi connectivity index (χ2v) is 3.78. The summed E-state index contributed by atoms with van der Waals surface area (Å²) in [6, 6.07) is 18.5. The van der Waals surface area contributed by atoms with E-state index < -0.39 is 0 Å². The van der Waals surface area contributed by atoms with Crippen molar-refractivity contribution in [3.05, 3.63) is 60.2 Å². The van der Waals surface area contributed by atoms with E-state index in [4.69, 9.17) is 11.6 Å². The second-order valence-electron chi connectivity index (χ2n) is 3.40. The summed E-state index contributed by atoms with van der Waals surface area (Å²) in [4.78, 5) is 0. The summed E-state index contributed by atoms with van der Waals surface area (Å²) in [6.07, 6.45) is 3.53. The van der Waals surface area contributed by atoms with Gasteiger partial charge in [0.25, 0.3) is 0 Å². The van der Waals surface area contributed by atoms with Gasteiger partial charge in [-0.05, 0) is 6.42 Å². The van der Waals surface area contributed by atoms with Crippen LogP contribution in [0.2, 0.25) is 0 Å². The van der Waals surface area contributed by atoms with Gasteiger partial charge >= 0.3 is 17.1 Å². The smallest absolute Gasteiger partial charge is 0.214 e. The van der Waals surface area contributed by atoms with E-state index in [2.05, 4.69) is 24.3 Å². The third-order valence-electron chi connectivity index (χ3n) is 2.14. The predicted octanol–water partition coefficient (Wildman–Crippen LogP) is 4.37. The largest absolute Gasteiger partial charge is 2.00 e. The normalized spacial score (nSPS) is 8.81. The van der Waals surface area contributed by atoms with E-state index in [1.54, 1.807) is 0 Å². The summed E-state index contributed by atoms with van der Waals surface area (Å²) < 4.78 is 0. The van der Waals surface area contributed by atoms with Gasteiger partial charge in [0, 0.05) is 5.88 Å². The van der Waals surface area contributed by atoms with Crippen LogP contribution in [0.15, 0.2) is 54.6 Å². The average Bonchev–Trinajstić information content (AvgIpc) is 2.94. The van der Waals surface area contributed by atoms with E-state index >= 15 is 0 Å². The Kier molecular flexibility index (Phi) is 10.7. The van der Waals surface area contributed by atoms with Crippen molar-refractivity contribution in [1.29, 1.82) is 0 Å². The number of rotatable bonds is 4. The molecule has 0 radical (unpaired) electrons. The monoisotopic (exact) mass is 276 g/mol. The molecule has 0 aromatic heterocycles. The molecule has 0 atom stereocenters. The number of halogens is 1. The fraction of sp³-hybridized carbons (Fsp3) is 0.286. The molecular weight excluding hydrogens is 259 g/mol. The summed E-state index contributed by atoms with van der Waals surface area (Å²) in [6.45, 7) is 0. The van der Waals surface area contributed by atoms with Crippen LogP contribution in [0.5, 0.6) is 0 Å². The quantitative estimate of drug-likeness (QED) is 0.337. The molecule has 0 bridgehead atoms. The first kappa shape index (κ1) is 15.5. The minimum Gasteiger partial charge on any atom is -0.214 e. The third-order valence-corrected chi connectivity index (χ3v) is 2.40. The van der Waals surface area contributed by atoms with Crippen LogP contribution in [0.4, 0.5) is 0 Å². The Balaban J connectivity index is 0.000000318. The van der Waals surface area contributed by atoms with Crippen molar-refractivity contribution < 1.29 is 17.1 Å². The summed E-state index contributed by atoms with van der Waals surface area (Å²) in [5.41, 5.74) is 1.44. The SMILES string of the molecule is ClCCCC[c-]1cccc1.[Fe+2].c1cc[cH-]c1. The topological polar surface area (TPSA) is 0 Å². The zero-order valence-corrected chi connectivity index (χ0v) is 11.1. The maximum Gasteiger partial charge on any atom is 2.00 e. The molecule has 0 aliphatic heterocycles. The van der Waals surface area contributed by atoms with Crippen LogP contribution in [0.1, 0.15) is 18.4 Å². The predicted molar refractivity (Wildman–Crippen MR) is 67.7 cm³/mol. The van der Waals surface area contributed by atoms with Crippen LogP contribution in [0.3, 0.4) is 0 Å². The fourth-order valence-corrected chi connectivity index (χ4v) is 1.51. The number of unbranched alkanes of at least 4 members (excludes halogenated alkanes) is 1. The first-order chi connectivity index (χ1) is 7.43. The van der Waals surface area contributed by atoms with Gasteiger partial charge in [0.1, 0.15) is 0 Å². The minimum absolute atomic E-state index is 0. The molecule has 0 nitrogen and oxygen atoms in total. The van der Waals surface area contributed by atoms with Gasteiger partial charge in [-0.3, -0.25) is 0 Å². The summed E-state index contributed by atoms with van der Waals surface area (Å²) in [7, 11) is 0. The number of aryl methyl sites for hydroxylation is 1. The molecule has 0 aliphatic carbocycles. The van der Waals surface area contributed by atoms with E-state index in [-0.39, 0.29) is 17.1 Å². The van der Waals surface area contributed by atoms with E-state index in [0.717, 1.165) is 12.3 Å². The Morgan fingerprint density at radius 3 is 2.00 bits per heavy atom. The molecule has 0 spiro atoms. The molecule has 2 rings (SSSR count). The van der Waals surface area contributed by atoms with Crippen molar-refractivity contribution in [2.45, 2.75) is 19.3 Å². The Morgan fingerprint density at radius 2 is 1.56 bits per heavy atom. The Bertz CT molecular complexity index is 280. The second kappa shape index (κ2) is 11.0. The van der Waals surface area contributed by atoms with Gasteiger partial charge in [0.2, 0.25) is 0 Å². The molecule has 0 aliphatic rings. The number of alkyl halides is 1. The molecule has 88 valence electrons. The molecule has 0 fully saturated rings. The van der Waals surface area contributed by atoms with Crippen molar-refractivity contribution in [3.8, 4) is 0 Å². The van der Waals surface area contributed by atoms with Gasteiger partial charge in [-0.1, -0.05) is 12.8 Å². The molecule has 0 saturated carbocycles. The Labute approximate surface area is 114 Å². The average molecular weight is 277 g/mol. The zero-order chi connectivity index (χ0) is 10.8. The van der Waals surface area contributed by atoms with Crippen LogP contribution < -0.4 is 0 Å². The van der Waals surface area contributed by atoms with Crippen molar-refractivity contribution in [2.75, 3.05) is 5.88 Å². The number of hydrogen-bond donors (Lipinski definition) is 0. The standard InChI is InChI=1S/C9H12Cl.C5H5.Fe/c10-8-4-3-7-9-5-1-2-6-9;1-2-4-5-3-1;/h1-2,5-6H,3-4,7-8H2;1-5H;/q2*-1;+2. The molecule has 2 heteroatoms. The van der Waals surface area contributed by atoms with Crippen molar-refractivity contribution in [2.24, 2.45) is 0 Å². The van der Waals surface area contributed by atoms with Crippen LogP contribution in [-0.2, 0) is 23.5 Å². The number of hydrogen-bond acceptors (Lipinski definition) is 0. The first-order valence-corrected chi connectivity index (χ1v) is 5.90. The van der Waals surface area contributed by atoms with Gasteiger partial charge in [-0.2, -0.15) is 35.9 Å². The molecular formula is C14H17ClFe. The van der Waals surface area contributed by atoms with E-state index in [9.17, 15) is 0 Å². The van der Waals surface area contributed by atoms with Crippen molar-refractivity contribution >= 4 is 11.6 Å². The van der Waals surface area contributed by atoms with E-state index in [1.165, 1.54) is 18.4 Å². The molecule has 0 amide bonds. The fourth-order valence-electron chi connectivity index (χ4n) is 1.32. The molecule has 2 aromatic rings. The molecule has 2 aromatic carbocycles. The molecule has 0 saturated heterocycles. The molecule has 0 unspecified atom stereocenters. The van der Waals surface area contributed by atoms with Gasteiger partial charge in [-0.15, -0.1) is 11.6 Å². The van der Waals surface area contributed by atoms with Crippen LogP contribution in [-0.4, -0.2) is 5.88 Å². The molecule has 16 heavy (non-hydrogen) atoms. The van der Waals surface area contributed by atoms with E-state index in [0.29, 0.717) is 0 Å². The van der Waals surface area contributed by atoms with Gasteiger partial charge in [0.15, 0.2) is 0 Å². The Hall–Kier alpha value is -0.491. The summed E-state index contributed by atoms with van der Waals surface area (Å²) >= 11 is 5.54. The maximum atomic E-state index is 5.54. The first-order valence-electron chi connectivity index (χ1n) is 5.36. The summed E-state index contributed by atoms with van der Waals surface area (Å²) in [5.74, 6) is 0.792. The molecule has 0 heterocycles. The maximum absolute atomic E-state index is 5.54. The summed E-state index contributed by atoms with van der Waals surface area (Å²) in [5, 5.41) is 0. The molecule has 0 N–H and O–H groups in total. The van der Waals surface area contributed by atoms with E-state index in [1.807, 2.05) is 30.3 Å².